The van der Waals surface area contributed by atoms with Crippen LogP contribution in [0.3, 0.4) is 0 Å². The first-order chi connectivity index (χ1) is 12.6. The molecule has 0 radical (unpaired) electrons. The van der Waals surface area contributed by atoms with E-state index in [1.54, 1.807) is 0 Å². The van der Waals surface area contributed by atoms with Gasteiger partial charge < -0.3 is 14.8 Å². The second-order valence-corrected chi connectivity index (χ2v) is 7.57. The van der Waals surface area contributed by atoms with Crippen LogP contribution in [-0.2, 0) is 16.0 Å². The molecule has 0 aliphatic carbocycles. The van der Waals surface area contributed by atoms with Gasteiger partial charge in [0, 0.05) is 16.9 Å². The summed E-state index contributed by atoms with van der Waals surface area (Å²) in [5.41, 5.74) is 2.13. The van der Waals surface area contributed by atoms with Gasteiger partial charge in [0.25, 0.3) is 5.91 Å². The van der Waals surface area contributed by atoms with Crippen LogP contribution in [0.2, 0.25) is 0 Å². The average molecular weight is 373 g/mol. The van der Waals surface area contributed by atoms with Gasteiger partial charge >= 0.3 is 5.97 Å². The van der Waals surface area contributed by atoms with Gasteiger partial charge in [-0.15, -0.1) is 11.3 Å². The number of fused-ring (bicyclic) bond motifs is 1. The number of ether oxygens (including phenoxy) is 2. The number of benzene rings is 1. The lowest BCUT2D eigenvalue weighted by Crippen LogP contribution is -2.35. The summed E-state index contributed by atoms with van der Waals surface area (Å²) < 4.78 is 10.8. The van der Waals surface area contributed by atoms with Crippen molar-refractivity contribution < 1.29 is 19.1 Å². The van der Waals surface area contributed by atoms with Gasteiger partial charge in [-0.1, -0.05) is 31.5 Å². The fourth-order valence-corrected chi connectivity index (χ4v) is 4.03. The monoisotopic (exact) mass is 373 g/mol. The summed E-state index contributed by atoms with van der Waals surface area (Å²) in [4.78, 5) is 26.1. The molecule has 138 valence electrons. The van der Waals surface area contributed by atoms with E-state index in [2.05, 4.69) is 12.2 Å². The van der Waals surface area contributed by atoms with Crippen LogP contribution in [0, 0.1) is 6.92 Å². The summed E-state index contributed by atoms with van der Waals surface area (Å²) in [7, 11) is 0. The molecule has 1 unspecified atom stereocenters. The van der Waals surface area contributed by atoms with Gasteiger partial charge in [-0.3, -0.25) is 4.79 Å². The van der Waals surface area contributed by atoms with Crippen LogP contribution in [0.4, 0.5) is 0 Å². The van der Waals surface area contributed by atoms with Crippen molar-refractivity contribution in [2.45, 2.75) is 39.2 Å². The zero-order valence-electron chi connectivity index (χ0n) is 15.0. The predicted molar refractivity (Wildman–Crippen MR) is 101 cm³/mol. The molecule has 0 bridgehead atoms. The molecule has 1 aliphatic heterocycles. The van der Waals surface area contributed by atoms with Gasteiger partial charge in [-0.25, -0.2) is 4.79 Å². The summed E-state index contributed by atoms with van der Waals surface area (Å²) >= 11 is 1.42. The molecule has 3 rings (SSSR count). The lowest BCUT2D eigenvalue weighted by atomic mass is 10.0. The fraction of sp³-hybridized carbons (Fsp3) is 0.400. The smallest absolute Gasteiger partial charge is 0.348 e. The van der Waals surface area contributed by atoms with Crippen molar-refractivity contribution in [1.29, 1.82) is 0 Å². The Labute approximate surface area is 157 Å². The molecule has 0 saturated carbocycles. The Balaban J connectivity index is 1.55. The fourth-order valence-electron chi connectivity index (χ4n) is 3.07. The predicted octanol–water partition coefficient (Wildman–Crippen LogP) is 3.81. The molecule has 0 fully saturated rings. The minimum atomic E-state index is -0.442. The third-order valence-electron chi connectivity index (χ3n) is 4.37. The van der Waals surface area contributed by atoms with Gasteiger partial charge in [0.05, 0.1) is 12.6 Å². The van der Waals surface area contributed by atoms with Gasteiger partial charge in [-0.2, -0.15) is 0 Å². The van der Waals surface area contributed by atoms with Crippen molar-refractivity contribution in [2.75, 3.05) is 13.2 Å². The van der Waals surface area contributed by atoms with E-state index in [0.717, 1.165) is 29.0 Å². The van der Waals surface area contributed by atoms with Crippen LogP contribution < -0.4 is 10.1 Å². The van der Waals surface area contributed by atoms with Gasteiger partial charge in [0.2, 0.25) is 0 Å². The lowest BCUT2D eigenvalue weighted by molar-refractivity contribution is -0.125. The third-order valence-corrected chi connectivity index (χ3v) is 5.44. The minimum Gasteiger partial charge on any atom is -0.493 e. The molecule has 1 atom stereocenters. The standard InChI is InChI=1S/C20H23NO4S/c1-3-6-14-11-18(26-13(14)2)20(23)25-12-19(22)21-16-9-10-24-17-8-5-4-7-15(16)17/h4-5,7-8,11,16H,3,6,9-10,12H2,1-2H3,(H,21,22). The van der Waals surface area contributed by atoms with Crippen LogP contribution in [-0.4, -0.2) is 25.1 Å². The van der Waals surface area contributed by atoms with E-state index in [9.17, 15) is 9.59 Å². The van der Waals surface area contributed by atoms with Crippen LogP contribution in [0.25, 0.3) is 0 Å². The molecule has 1 aromatic heterocycles. The number of carbonyl (C=O) groups is 2. The van der Waals surface area contributed by atoms with Crippen molar-refractivity contribution in [3.63, 3.8) is 0 Å². The highest BCUT2D eigenvalue weighted by Gasteiger charge is 2.23. The number of hydrogen-bond acceptors (Lipinski definition) is 5. The number of hydrogen-bond donors (Lipinski definition) is 1. The number of para-hydroxylation sites is 1. The van der Waals surface area contributed by atoms with Crippen molar-refractivity contribution in [1.82, 2.24) is 5.32 Å². The summed E-state index contributed by atoms with van der Waals surface area (Å²) in [5, 5.41) is 2.93. The third kappa shape index (κ3) is 4.25. The van der Waals surface area contributed by atoms with Gasteiger partial charge in [0.1, 0.15) is 10.6 Å². The van der Waals surface area contributed by atoms with Crippen LogP contribution in [0.15, 0.2) is 30.3 Å². The number of aryl methyl sites for hydroxylation is 2. The number of amides is 1. The Morgan fingerprint density at radius 3 is 2.96 bits per heavy atom. The molecule has 1 aromatic carbocycles. The normalized spacial score (nSPS) is 15.7. The number of carbonyl (C=O) groups excluding carboxylic acids is 2. The first kappa shape index (κ1) is 18.5. The molecule has 6 heteroatoms. The highest BCUT2D eigenvalue weighted by Crippen LogP contribution is 2.31. The van der Waals surface area contributed by atoms with Crippen molar-refractivity contribution in [2.24, 2.45) is 0 Å². The summed E-state index contributed by atoms with van der Waals surface area (Å²) in [6.07, 6.45) is 2.67. The Kier molecular flexibility index (Phi) is 5.93. The van der Waals surface area contributed by atoms with Crippen molar-refractivity contribution in [3.8, 4) is 5.75 Å². The summed E-state index contributed by atoms with van der Waals surface area (Å²) in [6, 6.07) is 9.40. The highest BCUT2D eigenvalue weighted by atomic mass is 32.1. The second-order valence-electron chi connectivity index (χ2n) is 6.31. The topological polar surface area (TPSA) is 64.6 Å². The molecular formula is C20H23NO4S. The van der Waals surface area contributed by atoms with Crippen LogP contribution >= 0.6 is 11.3 Å². The quantitative estimate of drug-likeness (QED) is 0.782. The average Bonchev–Trinajstić information content (AvgIpc) is 3.01. The summed E-state index contributed by atoms with van der Waals surface area (Å²) in [6.45, 7) is 4.38. The van der Waals surface area contributed by atoms with Gasteiger partial charge in [-0.05, 0) is 31.0 Å². The van der Waals surface area contributed by atoms with Crippen LogP contribution in [0.5, 0.6) is 5.75 Å². The molecule has 0 saturated heterocycles. The molecule has 0 spiro atoms. The zero-order chi connectivity index (χ0) is 18.5. The number of thiophene rings is 1. The number of esters is 1. The van der Waals surface area contributed by atoms with E-state index in [0.29, 0.717) is 17.9 Å². The number of rotatable bonds is 6. The van der Waals surface area contributed by atoms with Gasteiger partial charge in [0.15, 0.2) is 6.61 Å². The van der Waals surface area contributed by atoms with E-state index in [1.807, 2.05) is 37.3 Å². The van der Waals surface area contributed by atoms with Crippen molar-refractivity contribution in [3.05, 3.63) is 51.2 Å². The Bertz CT molecular complexity index is 799. The first-order valence-electron chi connectivity index (χ1n) is 8.86. The lowest BCUT2D eigenvalue weighted by Gasteiger charge is -2.26. The molecule has 1 N–H and O–H groups in total. The molecular weight excluding hydrogens is 350 g/mol. The second kappa shape index (κ2) is 8.36. The van der Waals surface area contributed by atoms with Crippen molar-refractivity contribution >= 4 is 23.2 Å². The maximum absolute atomic E-state index is 12.2. The zero-order valence-corrected chi connectivity index (χ0v) is 15.9. The molecule has 26 heavy (non-hydrogen) atoms. The molecule has 2 heterocycles. The Morgan fingerprint density at radius 2 is 2.15 bits per heavy atom. The maximum atomic E-state index is 12.2. The van der Waals surface area contributed by atoms with Crippen LogP contribution in [0.1, 0.15) is 51.5 Å². The number of nitrogens with one attached hydrogen (secondary N) is 1. The summed E-state index contributed by atoms with van der Waals surface area (Å²) in [5.74, 6) is 0.0450. The molecule has 1 amide bonds. The maximum Gasteiger partial charge on any atom is 0.348 e. The molecule has 1 aliphatic rings. The van der Waals surface area contributed by atoms with E-state index >= 15 is 0 Å². The van der Waals surface area contributed by atoms with E-state index in [1.165, 1.54) is 16.9 Å². The highest BCUT2D eigenvalue weighted by molar-refractivity contribution is 7.14. The Hall–Kier alpha value is -2.34. The molecule has 5 nitrogen and oxygen atoms in total. The SMILES string of the molecule is CCCc1cc(C(=O)OCC(=O)NC2CCOc3ccccc32)sc1C. The largest absolute Gasteiger partial charge is 0.493 e. The minimum absolute atomic E-state index is 0.119. The first-order valence-corrected chi connectivity index (χ1v) is 9.67. The van der Waals surface area contributed by atoms with E-state index in [-0.39, 0.29) is 18.6 Å². The van der Waals surface area contributed by atoms with E-state index in [4.69, 9.17) is 9.47 Å². The van der Waals surface area contributed by atoms with E-state index < -0.39 is 5.97 Å². The molecule has 2 aromatic rings. The Morgan fingerprint density at radius 1 is 1.35 bits per heavy atom.